The lowest BCUT2D eigenvalue weighted by atomic mass is 10.0. The van der Waals surface area contributed by atoms with Crippen LogP contribution >= 0.6 is 0 Å². The molecule has 0 unspecified atom stereocenters. The third-order valence-electron chi connectivity index (χ3n) is 2.79. The van der Waals surface area contributed by atoms with Crippen LogP contribution in [0.2, 0.25) is 0 Å². The molecule has 0 aliphatic carbocycles. The molecule has 5 heteroatoms. The molecule has 0 aliphatic heterocycles. The number of amides is 1. The Balaban J connectivity index is 2.75. The number of benzene rings is 1. The molecular formula is C15H24N2O3. The van der Waals surface area contributed by atoms with E-state index in [1.165, 1.54) is 0 Å². The first kappa shape index (κ1) is 16.3. The van der Waals surface area contributed by atoms with E-state index in [1.54, 1.807) is 25.3 Å². The molecule has 0 spiro atoms. The predicted molar refractivity (Wildman–Crippen MR) is 80.2 cm³/mol. The lowest BCUT2D eigenvalue weighted by Gasteiger charge is -2.15. The van der Waals surface area contributed by atoms with E-state index in [4.69, 9.17) is 15.2 Å². The number of rotatable bonds is 7. The number of nitrogens with one attached hydrogen (secondary N) is 1. The minimum Gasteiger partial charge on any atom is -0.493 e. The first-order valence-corrected chi connectivity index (χ1v) is 6.85. The van der Waals surface area contributed by atoms with Crippen molar-refractivity contribution in [3.63, 3.8) is 0 Å². The van der Waals surface area contributed by atoms with E-state index in [0.29, 0.717) is 36.1 Å². The van der Waals surface area contributed by atoms with Gasteiger partial charge in [0.15, 0.2) is 11.5 Å². The molecule has 1 aromatic carbocycles. The van der Waals surface area contributed by atoms with E-state index >= 15 is 0 Å². The van der Waals surface area contributed by atoms with Crippen molar-refractivity contribution in [2.24, 2.45) is 11.7 Å². The first-order chi connectivity index (χ1) is 9.47. The van der Waals surface area contributed by atoms with Gasteiger partial charge in [0.1, 0.15) is 0 Å². The third-order valence-corrected chi connectivity index (χ3v) is 2.79. The third kappa shape index (κ3) is 4.74. The van der Waals surface area contributed by atoms with Gasteiger partial charge in [-0.2, -0.15) is 0 Å². The Bertz CT molecular complexity index is 447. The van der Waals surface area contributed by atoms with Crippen LogP contribution < -0.4 is 20.5 Å². The molecule has 0 saturated heterocycles. The van der Waals surface area contributed by atoms with Crippen molar-refractivity contribution in [1.82, 2.24) is 0 Å². The molecule has 0 radical (unpaired) electrons. The zero-order valence-electron chi connectivity index (χ0n) is 12.6. The largest absolute Gasteiger partial charge is 0.493 e. The highest BCUT2D eigenvalue weighted by Crippen LogP contribution is 2.30. The van der Waals surface area contributed by atoms with Gasteiger partial charge in [0.2, 0.25) is 5.91 Å². The maximum atomic E-state index is 12.0. The summed E-state index contributed by atoms with van der Waals surface area (Å²) in [4.78, 5) is 12.0. The maximum Gasteiger partial charge on any atom is 0.241 e. The second-order valence-corrected chi connectivity index (χ2v) is 5.02. The van der Waals surface area contributed by atoms with E-state index in [0.717, 1.165) is 0 Å². The van der Waals surface area contributed by atoms with Crippen LogP contribution in [0.4, 0.5) is 5.69 Å². The van der Waals surface area contributed by atoms with Crippen molar-refractivity contribution in [1.29, 1.82) is 0 Å². The Morgan fingerprint density at radius 3 is 2.60 bits per heavy atom. The number of hydrogen-bond acceptors (Lipinski definition) is 4. The van der Waals surface area contributed by atoms with Crippen LogP contribution in [0, 0.1) is 5.92 Å². The SMILES string of the molecule is CCOc1ccc(NC(=O)[C@@H](N)CC(C)C)cc1OC. The molecule has 0 aliphatic rings. The molecule has 1 aromatic rings. The first-order valence-electron chi connectivity index (χ1n) is 6.85. The molecule has 1 atom stereocenters. The second kappa shape index (κ2) is 7.75. The van der Waals surface area contributed by atoms with Crippen molar-refractivity contribution < 1.29 is 14.3 Å². The molecular weight excluding hydrogens is 256 g/mol. The van der Waals surface area contributed by atoms with Gasteiger partial charge in [0.05, 0.1) is 19.8 Å². The van der Waals surface area contributed by atoms with E-state index in [2.05, 4.69) is 5.32 Å². The molecule has 0 fully saturated rings. The standard InChI is InChI=1S/C15H24N2O3/c1-5-20-13-7-6-11(9-14(13)19-4)17-15(18)12(16)8-10(2)3/h6-7,9-10,12H,5,8,16H2,1-4H3,(H,17,18)/t12-/m0/s1. The number of carbonyl (C=O) groups is 1. The lowest BCUT2D eigenvalue weighted by Crippen LogP contribution is -2.36. The zero-order chi connectivity index (χ0) is 15.1. The average molecular weight is 280 g/mol. The topological polar surface area (TPSA) is 73.6 Å². The van der Waals surface area contributed by atoms with Crippen LogP contribution in [0.1, 0.15) is 27.2 Å². The van der Waals surface area contributed by atoms with Crippen molar-refractivity contribution >= 4 is 11.6 Å². The molecule has 1 rings (SSSR count). The van der Waals surface area contributed by atoms with Crippen LogP contribution in [0.25, 0.3) is 0 Å². The Hall–Kier alpha value is -1.75. The molecule has 3 N–H and O–H groups in total. The monoisotopic (exact) mass is 280 g/mol. The van der Waals surface area contributed by atoms with E-state index < -0.39 is 6.04 Å². The molecule has 0 heterocycles. The Morgan fingerprint density at radius 2 is 2.05 bits per heavy atom. The van der Waals surface area contributed by atoms with Gasteiger partial charge in [0.25, 0.3) is 0 Å². The van der Waals surface area contributed by atoms with E-state index in [1.807, 2.05) is 20.8 Å². The van der Waals surface area contributed by atoms with Crippen LogP contribution in [0.15, 0.2) is 18.2 Å². The van der Waals surface area contributed by atoms with Crippen molar-refractivity contribution in [3.05, 3.63) is 18.2 Å². The Morgan fingerprint density at radius 1 is 1.35 bits per heavy atom. The number of hydrogen-bond donors (Lipinski definition) is 2. The van der Waals surface area contributed by atoms with Crippen LogP contribution in [0.5, 0.6) is 11.5 Å². The summed E-state index contributed by atoms with van der Waals surface area (Å²) in [6, 6.07) is 4.76. The number of anilines is 1. The average Bonchev–Trinajstić information content (AvgIpc) is 2.39. The minimum absolute atomic E-state index is 0.190. The van der Waals surface area contributed by atoms with E-state index in [-0.39, 0.29) is 5.91 Å². The number of ether oxygens (including phenoxy) is 2. The highest BCUT2D eigenvalue weighted by atomic mass is 16.5. The van der Waals surface area contributed by atoms with E-state index in [9.17, 15) is 4.79 Å². The van der Waals surface area contributed by atoms with Crippen LogP contribution in [0.3, 0.4) is 0 Å². The number of methoxy groups -OCH3 is 1. The van der Waals surface area contributed by atoms with Gasteiger partial charge in [-0.05, 0) is 31.4 Å². The lowest BCUT2D eigenvalue weighted by molar-refractivity contribution is -0.117. The normalized spacial score (nSPS) is 12.1. The predicted octanol–water partition coefficient (Wildman–Crippen LogP) is 2.41. The fourth-order valence-electron chi connectivity index (χ4n) is 1.87. The summed E-state index contributed by atoms with van der Waals surface area (Å²) < 4.78 is 10.7. The van der Waals surface area contributed by atoms with Gasteiger partial charge >= 0.3 is 0 Å². The summed E-state index contributed by atoms with van der Waals surface area (Å²) in [5.41, 5.74) is 6.49. The minimum atomic E-state index is -0.507. The fourth-order valence-corrected chi connectivity index (χ4v) is 1.87. The highest BCUT2D eigenvalue weighted by Gasteiger charge is 2.15. The van der Waals surface area contributed by atoms with Gasteiger partial charge in [-0.1, -0.05) is 13.8 Å². The van der Waals surface area contributed by atoms with Gasteiger partial charge < -0.3 is 20.5 Å². The smallest absolute Gasteiger partial charge is 0.241 e. The van der Waals surface area contributed by atoms with Crippen molar-refractivity contribution in [2.75, 3.05) is 19.0 Å². The molecule has 5 nitrogen and oxygen atoms in total. The highest BCUT2D eigenvalue weighted by molar-refractivity contribution is 5.94. The second-order valence-electron chi connectivity index (χ2n) is 5.02. The molecule has 0 bridgehead atoms. The maximum absolute atomic E-state index is 12.0. The fraction of sp³-hybridized carbons (Fsp3) is 0.533. The summed E-state index contributed by atoms with van der Waals surface area (Å²) in [6.45, 7) is 6.53. The van der Waals surface area contributed by atoms with Gasteiger partial charge in [-0.3, -0.25) is 4.79 Å². The van der Waals surface area contributed by atoms with Gasteiger partial charge in [-0.25, -0.2) is 0 Å². The summed E-state index contributed by atoms with van der Waals surface area (Å²) >= 11 is 0. The van der Waals surface area contributed by atoms with Crippen LogP contribution in [-0.4, -0.2) is 25.7 Å². The molecule has 0 aromatic heterocycles. The molecule has 0 saturated carbocycles. The molecule has 112 valence electrons. The van der Waals surface area contributed by atoms with Crippen molar-refractivity contribution in [3.8, 4) is 11.5 Å². The van der Waals surface area contributed by atoms with Crippen molar-refractivity contribution in [2.45, 2.75) is 33.2 Å². The number of nitrogens with two attached hydrogens (primary N) is 1. The van der Waals surface area contributed by atoms with Gasteiger partial charge in [-0.15, -0.1) is 0 Å². The molecule has 20 heavy (non-hydrogen) atoms. The summed E-state index contributed by atoms with van der Waals surface area (Å²) in [5, 5.41) is 2.79. The zero-order valence-corrected chi connectivity index (χ0v) is 12.6. The quantitative estimate of drug-likeness (QED) is 0.804. The Kier molecular flexibility index (Phi) is 6.31. The molecule has 1 amide bonds. The Labute approximate surface area is 120 Å². The summed E-state index contributed by atoms with van der Waals surface area (Å²) in [6.07, 6.45) is 0.653. The van der Waals surface area contributed by atoms with Crippen LogP contribution in [-0.2, 0) is 4.79 Å². The van der Waals surface area contributed by atoms with Gasteiger partial charge in [0, 0.05) is 11.8 Å². The summed E-state index contributed by atoms with van der Waals surface area (Å²) in [7, 11) is 1.56. The summed E-state index contributed by atoms with van der Waals surface area (Å²) in [5.74, 6) is 1.43. The number of carbonyl (C=O) groups excluding carboxylic acids is 1.